The van der Waals surface area contributed by atoms with Crippen LogP contribution < -0.4 is 4.43 Å². The minimum atomic E-state index is -2.70. The van der Waals surface area contributed by atoms with Gasteiger partial charge >= 0.3 is 0 Å². The molecule has 0 saturated carbocycles. The van der Waals surface area contributed by atoms with Gasteiger partial charge < -0.3 is 4.43 Å². The molecular formula is C17H27F4OSi2. The van der Waals surface area contributed by atoms with Crippen molar-refractivity contribution in [2.45, 2.75) is 70.5 Å². The molecule has 1 rings (SSSR count). The maximum atomic E-state index is 14.1. The van der Waals surface area contributed by atoms with Crippen molar-refractivity contribution in [3.05, 3.63) is 29.3 Å². The van der Waals surface area contributed by atoms with E-state index in [9.17, 15) is 17.6 Å². The Bertz CT molecular complexity index is 549. The molecule has 0 atom stereocenters. The second-order valence-corrected chi connectivity index (χ2v) is 18.7. The SMILES string of the molecule is CC(C)[Si](CC[Si](C)(C)C)(Oc1c(F)c(F)[c]c(F)c1F)C(C)C. The van der Waals surface area contributed by atoms with Crippen LogP contribution in [0.4, 0.5) is 17.6 Å². The number of hydrogen-bond donors (Lipinski definition) is 0. The largest absolute Gasteiger partial charge is 0.539 e. The van der Waals surface area contributed by atoms with Gasteiger partial charge in [0.2, 0.25) is 11.6 Å². The maximum Gasteiger partial charge on any atom is 0.256 e. The van der Waals surface area contributed by atoms with Gasteiger partial charge in [0, 0.05) is 8.07 Å². The van der Waals surface area contributed by atoms with Gasteiger partial charge in [-0.15, -0.1) is 0 Å². The molecule has 24 heavy (non-hydrogen) atoms. The van der Waals surface area contributed by atoms with Crippen LogP contribution in [0, 0.1) is 29.3 Å². The molecular weight excluding hydrogens is 352 g/mol. The van der Waals surface area contributed by atoms with Crippen molar-refractivity contribution in [1.29, 1.82) is 0 Å². The molecule has 0 N–H and O–H groups in total. The first-order chi connectivity index (χ1) is 10.8. The van der Waals surface area contributed by atoms with E-state index in [0.29, 0.717) is 6.04 Å². The summed E-state index contributed by atoms with van der Waals surface area (Å²) in [7, 11) is -4.11. The van der Waals surface area contributed by atoms with Gasteiger partial charge in [0.05, 0.1) is 6.07 Å². The first-order valence-corrected chi connectivity index (χ1v) is 14.2. The fourth-order valence-electron chi connectivity index (χ4n) is 2.88. The Morgan fingerprint density at radius 2 is 1.25 bits per heavy atom. The maximum absolute atomic E-state index is 14.1. The zero-order valence-electron chi connectivity index (χ0n) is 15.5. The molecule has 0 unspecified atom stereocenters. The first kappa shape index (κ1) is 21.2. The lowest BCUT2D eigenvalue weighted by molar-refractivity contribution is 0.377. The fraction of sp³-hybridized carbons (Fsp3) is 0.647. The van der Waals surface area contributed by atoms with E-state index in [2.05, 4.69) is 19.6 Å². The van der Waals surface area contributed by atoms with Crippen molar-refractivity contribution in [2.75, 3.05) is 0 Å². The Morgan fingerprint density at radius 1 is 0.833 bits per heavy atom. The van der Waals surface area contributed by atoms with Gasteiger partial charge in [-0.3, -0.25) is 0 Å². The molecule has 0 bridgehead atoms. The molecule has 0 fully saturated rings. The van der Waals surface area contributed by atoms with E-state index in [1.807, 2.05) is 27.7 Å². The average molecular weight is 380 g/mol. The third kappa shape index (κ3) is 4.62. The van der Waals surface area contributed by atoms with E-state index in [0.717, 1.165) is 6.04 Å². The van der Waals surface area contributed by atoms with Crippen LogP contribution in [0.2, 0.25) is 42.8 Å². The second-order valence-electron chi connectivity index (χ2n) is 8.14. The molecule has 0 aliphatic heterocycles. The first-order valence-electron chi connectivity index (χ1n) is 8.26. The third-order valence-corrected chi connectivity index (χ3v) is 12.3. The number of benzene rings is 1. The van der Waals surface area contributed by atoms with Gasteiger partial charge in [-0.2, -0.15) is 8.78 Å². The second kappa shape index (κ2) is 7.60. The Kier molecular flexibility index (Phi) is 6.72. The molecule has 0 heterocycles. The smallest absolute Gasteiger partial charge is 0.256 e. The van der Waals surface area contributed by atoms with Crippen LogP contribution in [-0.2, 0) is 0 Å². The van der Waals surface area contributed by atoms with Crippen LogP contribution in [-0.4, -0.2) is 16.4 Å². The summed E-state index contributed by atoms with van der Waals surface area (Å²) < 4.78 is 60.9. The highest BCUT2D eigenvalue weighted by molar-refractivity contribution is 6.81. The van der Waals surface area contributed by atoms with Crippen molar-refractivity contribution < 1.29 is 22.0 Å². The predicted octanol–water partition coefficient (Wildman–Crippen LogP) is 6.53. The van der Waals surface area contributed by atoms with Gasteiger partial charge in [0.1, 0.15) is 0 Å². The number of rotatable bonds is 7. The van der Waals surface area contributed by atoms with Crippen LogP contribution in [0.25, 0.3) is 0 Å². The lowest BCUT2D eigenvalue weighted by Gasteiger charge is -2.40. The highest BCUT2D eigenvalue weighted by atomic mass is 28.4. The lowest BCUT2D eigenvalue weighted by atomic mass is 10.3. The Balaban J connectivity index is 3.38. The van der Waals surface area contributed by atoms with Crippen LogP contribution in [0.1, 0.15) is 27.7 Å². The Morgan fingerprint density at radius 3 is 1.58 bits per heavy atom. The molecule has 7 heteroatoms. The number of halogens is 4. The van der Waals surface area contributed by atoms with Crippen molar-refractivity contribution in [3.8, 4) is 5.75 Å². The minimum absolute atomic E-state index is 0.0444. The molecule has 0 amide bonds. The minimum Gasteiger partial charge on any atom is -0.539 e. The van der Waals surface area contributed by atoms with E-state index >= 15 is 0 Å². The summed E-state index contributed by atoms with van der Waals surface area (Å²) in [6.45, 7) is 14.4. The highest BCUT2D eigenvalue weighted by Gasteiger charge is 2.46. The molecule has 1 aromatic carbocycles. The molecule has 137 valence electrons. The fourth-order valence-corrected chi connectivity index (χ4v) is 11.1. The van der Waals surface area contributed by atoms with E-state index in [1.54, 1.807) is 0 Å². The van der Waals surface area contributed by atoms with Crippen LogP contribution >= 0.6 is 0 Å². The molecule has 1 radical (unpaired) electrons. The van der Waals surface area contributed by atoms with Crippen LogP contribution in [0.3, 0.4) is 0 Å². The quantitative estimate of drug-likeness (QED) is 0.297. The van der Waals surface area contributed by atoms with E-state index in [4.69, 9.17) is 4.43 Å². The predicted molar refractivity (Wildman–Crippen MR) is 94.6 cm³/mol. The standard InChI is InChI=1S/C17H27F4OSi2/c1-11(2)24(12(3)4,9-8-23(5,6)7)22-17-15(20)13(18)10-14(19)16(17)21/h11-12H,8-9H2,1-7H3. The van der Waals surface area contributed by atoms with Gasteiger partial charge in [0.15, 0.2) is 17.4 Å². The van der Waals surface area contributed by atoms with Crippen LogP contribution in [0.5, 0.6) is 5.75 Å². The molecule has 0 spiro atoms. The summed E-state index contributed by atoms with van der Waals surface area (Å²) in [5, 5.41) is 0. The Hall–Kier alpha value is -0.826. The summed E-state index contributed by atoms with van der Waals surface area (Å²) in [4.78, 5) is 0. The van der Waals surface area contributed by atoms with E-state index < -0.39 is 45.4 Å². The van der Waals surface area contributed by atoms with Crippen molar-refractivity contribution >= 4 is 16.4 Å². The molecule has 1 aromatic rings. The van der Waals surface area contributed by atoms with Crippen LogP contribution in [0.15, 0.2) is 0 Å². The zero-order valence-corrected chi connectivity index (χ0v) is 17.5. The third-order valence-electron chi connectivity index (χ3n) is 4.52. The summed E-state index contributed by atoms with van der Waals surface area (Å²) in [6, 6.07) is 3.05. The highest BCUT2D eigenvalue weighted by Crippen LogP contribution is 2.42. The average Bonchev–Trinajstić information content (AvgIpc) is 2.43. The summed E-state index contributed by atoms with van der Waals surface area (Å²) in [6.07, 6.45) is 0. The number of hydrogen-bond acceptors (Lipinski definition) is 1. The summed E-state index contributed by atoms with van der Waals surface area (Å²) in [5.41, 5.74) is 0.0888. The summed E-state index contributed by atoms with van der Waals surface area (Å²) >= 11 is 0. The van der Waals surface area contributed by atoms with Crippen molar-refractivity contribution in [2.24, 2.45) is 0 Å². The molecule has 0 aliphatic carbocycles. The normalized spacial score (nSPS) is 13.0. The van der Waals surface area contributed by atoms with Gasteiger partial charge in [0.25, 0.3) is 8.32 Å². The van der Waals surface area contributed by atoms with Crippen molar-refractivity contribution in [1.82, 2.24) is 0 Å². The monoisotopic (exact) mass is 379 g/mol. The molecule has 1 nitrogen and oxygen atoms in total. The molecule has 0 aliphatic rings. The van der Waals surface area contributed by atoms with Gasteiger partial charge in [-0.1, -0.05) is 53.4 Å². The summed E-state index contributed by atoms with van der Waals surface area (Å²) in [5.74, 6) is -7.03. The molecule has 0 saturated heterocycles. The van der Waals surface area contributed by atoms with E-state index in [1.165, 1.54) is 6.07 Å². The Labute approximate surface area is 144 Å². The topological polar surface area (TPSA) is 9.23 Å². The van der Waals surface area contributed by atoms with Gasteiger partial charge in [-0.25, -0.2) is 8.78 Å². The lowest BCUT2D eigenvalue weighted by Crippen LogP contribution is -2.49. The van der Waals surface area contributed by atoms with Gasteiger partial charge in [-0.05, 0) is 17.1 Å². The van der Waals surface area contributed by atoms with Crippen molar-refractivity contribution in [3.63, 3.8) is 0 Å². The van der Waals surface area contributed by atoms with E-state index in [-0.39, 0.29) is 11.1 Å². The molecule has 0 aromatic heterocycles. The zero-order chi connectivity index (χ0) is 18.9.